The predicted octanol–water partition coefficient (Wildman–Crippen LogP) is 0.473. The summed E-state index contributed by atoms with van der Waals surface area (Å²) in [6.07, 6.45) is 1.87. The predicted molar refractivity (Wildman–Crippen MR) is 67.2 cm³/mol. The van der Waals surface area contributed by atoms with Gasteiger partial charge in [0.1, 0.15) is 0 Å². The second kappa shape index (κ2) is 8.01. The van der Waals surface area contributed by atoms with Crippen LogP contribution in [0.4, 0.5) is 0 Å². The number of nitrogens with one attached hydrogen (secondary N) is 1. The zero-order valence-electron chi connectivity index (χ0n) is 10.9. The van der Waals surface area contributed by atoms with Crippen molar-refractivity contribution in [2.75, 3.05) is 19.7 Å². The standard InChI is InChI=1S/C12H28N2O2/c1-4-14-6-5-11(9-15)8-12(3,13)7-10(2)16/h10-11,14-16H,4-9,13H2,1-3H3. The van der Waals surface area contributed by atoms with Crippen molar-refractivity contribution >= 4 is 0 Å². The van der Waals surface area contributed by atoms with Gasteiger partial charge in [-0.2, -0.15) is 0 Å². The van der Waals surface area contributed by atoms with Gasteiger partial charge in [0.2, 0.25) is 0 Å². The Morgan fingerprint density at radius 1 is 1.38 bits per heavy atom. The molecule has 4 heteroatoms. The molecule has 4 nitrogen and oxygen atoms in total. The van der Waals surface area contributed by atoms with Crippen molar-refractivity contribution in [3.8, 4) is 0 Å². The van der Waals surface area contributed by atoms with Crippen molar-refractivity contribution in [1.29, 1.82) is 0 Å². The molecule has 0 rings (SSSR count). The fourth-order valence-electron chi connectivity index (χ4n) is 2.16. The van der Waals surface area contributed by atoms with Crippen LogP contribution in [0.2, 0.25) is 0 Å². The Morgan fingerprint density at radius 2 is 2.00 bits per heavy atom. The van der Waals surface area contributed by atoms with E-state index in [1.807, 2.05) is 6.92 Å². The summed E-state index contributed by atoms with van der Waals surface area (Å²) in [6, 6.07) is 0. The SMILES string of the molecule is CCNCCC(CO)CC(C)(N)CC(C)O. The molecule has 0 amide bonds. The maximum Gasteiger partial charge on any atom is 0.0529 e. The van der Waals surface area contributed by atoms with Gasteiger partial charge in [0.25, 0.3) is 0 Å². The summed E-state index contributed by atoms with van der Waals surface area (Å²) < 4.78 is 0. The van der Waals surface area contributed by atoms with E-state index in [1.54, 1.807) is 6.92 Å². The quantitative estimate of drug-likeness (QED) is 0.436. The number of aliphatic hydroxyl groups is 2. The smallest absolute Gasteiger partial charge is 0.0529 e. The van der Waals surface area contributed by atoms with Gasteiger partial charge in [-0.1, -0.05) is 6.92 Å². The second-order valence-corrected chi connectivity index (χ2v) is 5.10. The van der Waals surface area contributed by atoms with Crippen LogP contribution in [-0.4, -0.2) is 41.6 Å². The van der Waals surface area contributed by atoms with Crippen molar-refractivity contribution in [2.24, 2.45) is 11.7 Å². The van der Waals surface area contributed by atoms with Gasteiger partial charge < -0.3 is 21.3 Å². The zero-order chi connectivity index (χ0) is 12.6. The first kappa shape index (κ1) is 15.8. The maximum atomic E-state index is 9.33. The van der Waals surface area contributed by atoms with Crippen LogP contribution in [0.5, 0.6) is 0 Å². The van der Waals surface area contributed by atoms with Crippen LogP contribution in [0, 0.1) is 5.92 Å². The number of rotatable bonds is 9. The van der Waals surface area contributed by atoms with Gasteiger partial charge >= 0.3 is 0 Å². The molecule has 0 bridgehead atoms. The average Bonchev–Trinajstić information content (AvgIpc) is 2.14. The fraction of sp³-hybridized carbons (Fsp3) is 1.00. The monoisotopic (exact) mass is 232 g/mol. The zero-order valence-corrected chi connectivity index (χ0v) is 10.9. The Balaban J connectivity index is 3.98. The third-order valence-electron chi connectivity index (χ3n) is 2.75. The molecule has 0 aromatic carbocycles. The van der Waals surface area contributed by atoms with Crippen LogP contribution >= 0.6 is 0 Å². The minimum absolute atomic E-state index is 0.165. The van der Waals surface area contributed by atoms with Crippen LogP contribution < -0.4 is 11.1 Å². The fourth-order valence-corrected chi connectivity index (χ4v) is 2.16. The molecule has 0 saturated heterocycles. The Labute approximate surface area is 99.2 Å². The van der Waals surface area contributed by atoms with Crippen LogP contribution in [0.25, 0.3) is 0 Å². The van der Waals surface area contributed by atoms with E-state index < -0.39 is 5.54 Å². The van der Waals surface area contributed by atoms with E-state index in [0.717, 1.165) is 25.9 Å². The van der Waals surface area contributed by atoms with Crippen molar-refractivity contribution in [2.45, 2.75) is 51.7 Å². The van der Waals surface area contributed by atoms with Gasteiger partial charge in [0, 0.05) is 12.1 Å². The summed E-state index contributed by atoms with van der Waals surface area (Å²) in [6.45, 7) is 7.78. The lowest BCUT2D eigenvalue weighted by Crippen LogP contribution is -2.42. The highest BCUT2D eigenvalue weighted by molar-refractivity contribution is 4.83. The molecule has 3 atom stereocenters. The molecule has 5 N–H and O–H groups in total. The van der Waals surface area contributed by atoms with Gasteiger partial charge in [-0.05, 0) is 52.1 Å². The highest BCUT2D eigenvalue weighted by Crippen LogP contribution is 2.21. The van der Waals surface area contributed by atoms with E-state index in [9.17, 15) is 10.2 Å². The molecule has 0 aliphatic rings. The van der Waals surface area contributed by atoms with Gasteiger partial charge in [-0.15, -0.1) is 0 Å². The first-order chi connectivity index (χ1) is 7.41. The number of hydrogen-bond donors (Lipinski definition) is 4. The van der Waals surface area contributed by atoms with Gasteiger partial charge in [0.15, 0.2) is 0 Å². The molecule has 16 heavy (non-hydrogen) atoms. The van der Waals surface area contributed by atoms with Crippen LogP contribution in [-0.2, 0) is 0 Å². The van der Waals surface area contributed by atoms with E-state index in [-0.39, 0.29) is 18.6 Å². The third kappa shape index (κ3) is 8.05. The minimum atomic E-state index is -0.395. The Bertz CT molecular complexity index is 172. The number of nitrogens with two attached hydrogens (primary N) is 1. The summed E-state index contributed by atoms with van der Waals surface area (Å²) in [5.41, 5.74) is 5.71. The van der Waals surface area contributed by atoms with E-state index in [1.165, 1.54) is 0 Å². The van der Waals surface area contributed by atoms with E-state index >= 15 is 0 Å². The molecule has 0 aromatic heterocycles. The van der Waals surface area contributed by atoms with Crippen LogP contribution in [0.3, 0.4) is 0 Å². The molecule has 0 fully saturated rings. The Morgan fingerprint density at radius 3 is 2.44 bits per heavy atom. The molecule has 0 aromatic rings. The van der Waals surface area contributed by atoms with E-state index in [4.69, 9.17) is 5.73 Å². The summed E-state index contributed by atoms with van der Waals surface area (Å²) in [4.78, 5) is 0. The number of hydrogen-bond acceptors (Lipinski definition) is 4. The third-order valence-corrected chi connectivity index (χ3v) is 2.75. The van der Waals surface area contributed by atoms with E-state index in [2.05, 4.69) is 12.2 Å². The molecule has 3 unspecified atom stereocenters. The van der Waals surface area contributed by atoms with Gasteiger partial charge in [0.05, 0.1) is 6.10 Å². The molecule has 0 aliphatic heterocycles. The lowest BCUT2D eigenvalue weighted by atomic mass is 9.84. The van der Waals surface area contributed by atoms with Crippen molar-refractivity contribution in [3.05, 3.63) is 0 Å². The first-order valence-electron chi connectivity index (χ1n) is 6.19. The van der Waals surface area contributed by atoms with Crippen molar-refractivity contribution in [1.82, 2.24) is 5.32 Å². The van der Waals surface area contributed by atoms with Crippen molar-refractivity contribution in [3.63, 3.8) is 0 Å². The lowest BCUT2D eigenvalue weighted by Gasteiger charge is -2.30. The molecule has 0 spiro atoms. The largest absolute Gasteiger partial charge is 0.396 e. The summed E-state index contributed by atoms with van der Waals surface area (Å²) in [5, 5.41) is 21.8. The molecular formula is C12H28N2O2. The van der Waals surface area contributed by atoms with Crippen LogP contribution in [0.1, 0.15) is 40.0 Å². The molecule has 0 saturated carbocycles. The summed E-state index contributed by atoms with van der Waals surface area (Å²) >= 11 is 0. The van der Waals surface area contributed by atoms with Crippen LogP contribution in [0.15, 0.2) is 0 Å². The molecule has 0 aliphatic carbocycles. The van der Waals surface area contributed by atoms with Gasteiger partial charge in [-0.3, -0.25) is 0 Å². The average molecular weight is 232 g/mol. The van der Waals surface area contributed by atoms with E-state index in [0.29, 0.717) is 6.42 Å². The summed E-state index contributed by atoms with van der Waals surface area (Å²) in [7, 11) is 0. The van der Waals surface area contributed by atoms with Crippen molar-refractivity contribution < 1.29 is 10.2 Å². The molecule has 0 radical (unpaired) electrons. The molecule has 0 heterocycles. The molecular weight excluding hydrogens is 204 g/mol. The second-order valence-electron chi connectivity index (χ2n) is 5.10. The normalized spacial score (nSPS) is 19.1. The van der Waals surface area contributed by atoms with Gasteiger partial charge in [-0.25, -0.2) is 0 Å². The maximum absolute atomic E-state index is 9.33. The highest BCUT2D eigenvalue weighted by Gasteiger charge is 2.24. The highest BCUT2D eigenvalue weighted by atomic mass is 16.3. The number of aliphatic hydroxyl groups excluding tert-OH is 2. The Kier molecular flexibility index (Phi) is 7.93. The molecule has 98 valence electrons. The lowest BCUT2D eigenvalue weighted by molar-refractivity contribution is 0.127. The summed E-state index contributed by atoms with van der Waals surface area (Å²) in [5.74, 6) is 0.216. The first-order valence-corrected chi connectivity index (χ1v) is 6.19. The Hall–Kier alpha value is -0.160. The minimum Gasteiger partial charge on any atom is -0.396 e. The topological polar surface area (TPSA) is 78.5 Å².